The third-order valence-corrected chi connectivity index (χ3v) is 6.94. The van der Waals surface area contributed by atoms with E-state index in [1.165, 1.54) is 17.7 Å². The zero-order chi connectivity index (χ0) is 26.8. The van der Waals surface area contributed by atoms with Gasteiger partial charge in [-0.25, -0.2) is 4.39 Å². The van der Waals surface area contributed by atoms with E-state index in [9.17, 15) is 4.39 Å². The second-order valence-corrected chi connectivity index (χ2v) is 9.77. The standard InChI is InChI=1S/C28H32ClFN2.C3H9N/c1-7-19(2)20(3)25-17-26(27(29)18-28(25)31(5)6)21(4)32-14-12-23(13-15-32)16-22-8-10-24(30)11-9-22;1-3-4-2/h7-11,17-18,23H,1-4,12-16H2,5-6H3;4H,3H2,1-2H3. The molecular weight excluding hydrogens is 469 g/mol. The molecule has 1 heterocycles. The molecule has 0 aromatic heterocycles. The Morgan fingerprint density at radius 2 is 1.69 bits per heavy atom. The molecule has 1 fully saturated rings. The molecule has 0 aliphatic carbocycles. The lowest BCUT2D eigenvalue weighted by molar-refractivity contribution is 0.254. The van der Waals surface area contributed by atoms with Crippen LogP contribution in [0, 0.1) is 11.7 Å². The number of benzene rings is 2. The van der Waals surface area contributed by atoms with Crippen LogP contribution in [0.2, 0.25) is 5.02 Å². The van der Waals surface area contributed by atoms with Gasteiger partial charge in [-0.2, -0.15) is 0 Å². The van der Waals surface area contributed by atoms with Gasteiger partial charge in [0.05, 0.1) is 5.02 Å². The van der Waals surface area contributed by atoms with E-state index in [1.807, 2.05) is 44.2 Å². The molecule has 36 heavy (non-hydrogen) atoms. The van der Waals surface area contributed by atoms with Crippen molar-refractivity contribution in [3.63, 3.8) is 0 Å². The monoisotopic (exact) mass is 509 g/mol. The van der Waals surface area contributed by atoms with E-state index < -0.39 is 0 Å². The SMILES string of the molecule is C=CC(=C)C(=C)c1cc(C(=C)N2CCC(Cc3ccc(F)cc3)CC2)c(Cl)cc1N(C)C.CCNC. The predicted molar refractivity (Wildman–Crippen MR) is 157 cm³/mol. The highest BCUT2D eigenvalue weighted by atomic mass is 35.5. The zero-order valence-corrected chi connectivity index (χ0v) is 23.1. The molecule has 1 N–H and O–H groups in total. The zero-order valence-electron chi connectivity index (χ0n) is 22.3. The average molecular weight is 510 g/mol. The number of allylic oxidation sites excluding steroid dienone is 3. The molecule has 1 aliphatic rings. The van der Waals surface area contributed by atoms with Crippen LogP contribution in [0.4, 0.5) is 10.1 Å². The molecule has 0 spiro atoms. The number of nitrogens with zero attached hydrogens (tertiary/aromatic N) is 2. The lowest BCUT2D eigenvalue weighted by Crippen LogP contribution is -2.33. The Kier molecular flexibility index (Phi) is 11.5. The van der Waals surface area contributed by atoms with Crippen molar-refractivity contribution in [2.24, 2.45) is 5.92 Å². The van der Waals surface area contributed by atoms with Gasteiger partial charge in [-0.1, -0.05) is 63.0 Å². The molecule has 0 amide bonds. The van der Waals surface area contributed by atoms with Crippen molar-refractivity contribution in [2.45, 2.75) is 26.2 Å². The Bertz CT molecular complexity index is 1060. The van der Waals surface area contributed by atoms with Crippen molar-refractivity contribution in [1.29, 1.82) is 0 Å². The van der Waals surface area contributed by atoms with Crippen molar-refractivity contribution < 1.29 is 4.39 Å². The summed E-state index contributed by atoms with van der Waals surface area (Å²) in [6, 6.07) is 10.9. The lowest BCUT2D eigenvalue weighted by atomic mass is 9.89. The van der Waals surface area contributed by atoms with Gasteiger partial charge in [0.25, 0.3) is 0 Å². The second kappa shape index (κ2) is 14.1. The molecule has 0 atom stereocenters. The molecule has 3 nitrogen and oxygen atoms in total. The number of likely N-dealkylation sites (tertiary alicyclic amines) is 1. The van der Waals surface area contributed by atoms with Crippen LogP contribution in [0.5, 0.6) is 0 Å². The minimum Gasteiger partial charge on any atom is -0.377 e. The minimum atomic E-state index is -0.184. The summed E-state index contributed by atoms with van der Waals surface area (Å²) in [6.45, 7) is 21.5. The topological polar surface area (TPSA) is 18.5 Å². The van der Waals surface area contributed by atoms with Crippen molar-refractivity contribution in [1.82, 2.24) is 10.2 Å². The quantitative estimate of drug-likeness (QED) is 0.354. The van der Waals surface area contributed by atoms with Gasteiger partial charge in [0, 0.05) is 49.7 Å². The maximum Gasteiger partial charge on any atom is 0.123 e. The van der Waals surface area contributed by atoms with Crippen LogP contribution in [-0.2, 0) is 6.42 Å². The van der Waals surface area contributed by atoms with Gasteiger partial charge >= 0.3 is 0 Å². The van der Waals surface area contributed by atoms with E-state index in [0.29, 0.717) is 10.9 Å². The molecule has 5 heteroatoms. The molecule has 0 unspecified atom stereocenters. The van der Waals surface area contributed by atoms with E-state index in [1.54, 1.807) is 6.08 Å². The van der Waals surface area contributed by atoms with Gasteiger partial charge in [0.1, 0.15) is 5.82 Å². The Labute approximate surface area is 222 Å². The third kappa shape index (κ3) is 7.84. The van der Waals surface area contributed by atoms with Crippen LogP contribution < -0.4 is 10.2 Å². The third-order valence-electron chi connectivity index (χ3n) is 6.62. The fourth-order valence-corrected chi connectivity index (χ4v) is 4.49. The van der Waals surface area contributed by atoms with Crippen LogP contribution in [0.1, 0.15) is 36.5 Å². The van der Waals surface area contributed by atoms with E-state index in [2.05, 4.69) is 49.5 Å². The van der Waals surface area contributed by atoms with E-state index in [-0.39, 0.29) is 5.82 Å². The number of hydrogen-bond acceptors (Lipinski definition) is 3. The first-order valence-electron chi connectivity index (χ1n) is 12.5. The van der Waals surface area contributed by atoms with Gasteiger partial charge in [-0.3, -0.25) is 0 Å². The Morgan fingerprint density at radius 1 is 1.11 bits per heavy atom. The van der Waals surface area contributed by atoms with Gasteiger partial charge in [0.2, 0.25) is 0 Å². The molecular formula is C31H41ClFN3. The second-order valence-electron chi connectivity index (χ2n) is 9.37. The van der Waals surface area contributed by atoms with Crippen molar-refractivity contribution in [2.75, 3.05) is 45.7 Å². The van der Waals surface area contributed by atoms with Gasteiger partial charge < -0.3 is 15.1 Å². The fraction of sp³-hybridized carbons (Fsp3) is 0.355. The average Bonchev–Trinajstić information content (AvgIpc) is 2.89. The molecule has 0 saturated carbocycles. The van der Waals surface area contributed by atoms with Gasteiger partial charge in [-0.15, -0.1) is 0 Å². The highest BCUT2D eigenvalue weighted by Crippen LogP contribution is 2.38. The summed E-state index contributed by atoms with van der Waals surface area (Å²) in [5, 5.41) is 3.60. The number of anilines is 1. The van der Waals surface area contributed by atoms with Crippen LogP contribution in [0.25, 0.3) is 11.3 Å². The lowest BCUT2D eigenvalue weighted by Gasteiger charge is -2.35. The Morgan fingerprint density at radius 3 is 2.19 bits per heavy atom. The predicted octanol–water partition coefficient (Wildman–Crippen LogP) is 7.45. The van der Waals surface area contributed by atoms with E-state index in [4.69, 9.17) is 11.6 Å². The largest absolute Gasteiger partial charge is 0.377 e. The first-order valence-corrected chi connectivity index (χ1v) is 12.9. The normalized spacial score (nSPS) is 13.4. The van der Waals surface area contributed by atoms with Gasteiger partial charge in [-0.05, 0) is 79.7 Å². The van der Waals surface area contributed by atoms with Crippen molar-refractivity contribution in [3.05, 3.63) is 102 Å². The first kappa shape index (κ1) is 29.4. The molecule has 2 aromatic carbocycles. The fourth-order valence-electron chi connectivity index (χ4n) is 4.22. The van der Waals surface area contributed by atoms with Crippen LogP contribution in [0.15, 0.2) is 74.4 Å². The molecule has 1 saturated heterocycles. The smallest absolute Gasteiger partial charge is 0.123 e. The maximum atomic E-state index is 13.2. The van der Waals surface area contributed by atoms with E-state index >= 15 is 0 Å². The minimum absolute atomic E-state index is 0.184. The van der Waals surface area contributed by atoms with Gasteiger partial charge in [0.15, 0.2) is 0 Å². The summed E-state index contributed by atoms with van der Waals surface area (Å²) in [5.74, 6) is 0.401. The summed E-state index contributed by atoms with van der Waals surface area (Å²) < 4.78 is 13.2. The van der Waals surface area contributed by atoms with Crippen LogP contribution in [-0.4, -0.2) is 45.7 Å². The maximum absolute atomic E-state index is 13.2. The summed E-state index contributed by atoms with van der Waals surface area (Å²) in [5.41, 5.74) is 6.61. The molecule has 194 valence electrons. The molecule has 0 bridgehead atoms. The summed E-state index contributed by atoms with van der Waals surface area (Å²) in [4.78, 5) is 4.34. The number of hydrogen-bond donors (Lipinski definition) is 1. The Hall–Kier alpha value is -2.82. The number of piperidine rings is 1. The molecule has 2 aromatic rings. The first-order chi connectivity index (χ1) is 17.1. The highest BCUT2D eigenvalue weighted by Gasteiger charge is 2.23. The van der Waals surface area contributed by atoms with Crippen LogP contribution >= 0.6 is 11.6 Å². The molecule has 3 rings (SSSR count). The number of nitrogens with one attached hydrogen (secondary N) is 1. The number of rotatable bonds is 9. The Balaban J connectivity index is 0.00000106. The van der Waals surface area contributed by atoms with Crippen molar-refractivity contribution >= 4 is 28.6 Å². The van der Waals surface area contributed by atoms with E-state index in [0.717, 1.165) is 72.6 Å². The molecule has 0 radical (unpaired) electrons. The number of halogens is 2. The summed E-state index contributed by atoms with van der Waals surface area (Å²) >= 11 is 6.71. The summed E-state index contributed by atoms with van der Waals surface area (Å²) in [7, 11) is 5.90. The van der Waals surface area contributed by atoms with Crippen LogP contribution in [0.3, 0.4) is 0 Å². The summed E-state index contributed by atoms with van der Waals surface area (Å²) in [6.07, 6.45) is 4.83. The van der Waals surface area contributed by atoms with Crippen molar-refractivity contribution in [3.8, 4) is 0 Å². The highest BCUT2D eigenvalue weighted by molar-refractivity contribution is 6.32. The molecule has 1 aliphatic heterocycles.